The molecule has 2 aromatic rings. The van der Waals surface area contributed by atoms with Crippen molar-refractivity contribution in [3.05, 3.63) is 42.0 Å². The number of rotatable bonds is 5. The molecule has 2 aliphatic heterocycles. The molecule has 154 valence electrons. The number of hydrogen-bond acceptors (Lipinski definition) is 5. The van der Waals surface area contributed by atoms with Crippen molar-refractivity contribution in [3.63, 3.8) is 0 Å². The van der Waals surface area contributed by atoms with E-state index in [0.717, 1.165) is 60.8 Å². The molecule has 1 saturated heterocycles. The van der Waals surface area contributed by atoms with Gasteiger partial charge in [-0.2, -0.15) is 0 Å². The molecule has 2 N–H and O–H groups in total. The van der Waals surface area contributed by atoms with Crippen molar-refractivity contribution in [3.8, 4) is 23.0 Å². The molecule has 2 heterocycles. The van der Waals surface area contributed by atoms with Gasteiger partial charge in [0, 0.05) is 11.6 Å². The molecule has 0 amide bonds. The van der Waals surface area contributed by atoms with Gasteiger partial charge in [0.15, 0.2) is 16.6 Å². The van der Waals surface area contributed by atoms with Crippen LogP contribution in [0.15, 0.2) is 36.4 Å². The molecule has 0 aromatic heterocycles. The Kier molecular flexibility index (Phi) is 5.92. The summed E-state index contributed by atoms with van der Waals surface area (Å²) in [6.07, 6.45) is 0. The minimum absolute atomic E-state index is 0.313. The average Bonchev–Trinajstić information content (AvgIpc) is 3.22. The van der Waals surface area contributed by atoms with E-state index in [1.807, 2.05) is 24.3 Å². The highest BCUT2D eigenvalue weighted by Gasteiger charge is 2.23. The molecule has 8 heteroatoms. The highest BCUT2D eigenvalue weighted by Crippen LogP contribution is 2.32. The Morgan fingerprint density at radius 2 is 1.86 bits per heavy atom. The van der Waals surface area contributed by atoms with Crippen LogP contribution in [0, 0.1) is 0 Å². The van der Waals surface area contributed by atoms with Gasteiger partial charge in [0.25, 0.3) is 0 Å². The monoisotopic (exact) mass is 416 g/mol. The molecule has 0 aliphatic carbocycles. The van der Waals surface area contributed by atoms with Gasteiger partial charge in [0.2, 0.25) is 6.79 Å². The van der Waals surface area contributed by atoms with Gasteiger partial charge in [-0.3, -0.25) is 0 Å². The molecular formula is C21H26N3O4S+. The van der Waals surface area contributed by atoms with E-state index in [4.69, 9.17) is 31.2 Å². The third kappa shape index (κ3) is 4.49. The Labute approximate surface area is 176 Å². The number of nitrogens with zero attached hydrogens (tertiary/aromatic N) is 1. The summed E-state index contributed by atoms with van der Waals surface area (Å²) in [7, 11) is 3.28. The summed E-state index contributed by atoms with van der Waals surface area (Å²) in [6.45, 7) is 5.14. The Morgan fingerprint density at radius 3 is 2.62 bits per heavy atom. The van der Waals surface area contributed by atoms with Crippen LogP contribution in [0.2, 0.25) is 0 Å². The summed E-state index contributed by atoms with van der Waals surface area (Å²) in [6, 6.07) is 11.9. The summed E-state index contributed by atoms with van der Waals surface area (Å²) >= 11 is 5.64. The third-order valence-electron chi connectivity index (χ3n) is 5.30. The van der Waals surface area contributed by atoms with Gasteiger partial charge in [-0.1, -0.05) is 0 Å². The Morgan fingerprint density at radius 1 is 1.07 bits per heavy atom. The summed E-state index contributed by atoms with van der Waals surface area (Å²) in [5.74, 6) is 3.14. The molecule has 29 heavy (non-hydrogen) atoms. The van der Waals surface area contributed by atoms with Crippen molar-refractivity contribution in [1.82, 2.24) is 4.90 Å². The number of piperazine rings is 1. The maximum Gasteiger partial charge on any atom is 0.231 e. The number of nitrogens with one attached hydrogen (secondary N) is 2. The van der Waals surface area contributed by atoms with Crippen LogP contribution in [-0.4, -0.2) is 57.2 Å². The predicted octanol–water partition coefficient (Wildman–Crippen LogP) is 1.53. The Balaban J connectivity index is 1.31. The zero-order valence-corrected chi connectivity index (χ0v) is 17.5. The minimum atomic E-state index is 0.313. The molecule has 0 atom stereocenters. The highest BCUT2D eigenvalue weighted by atomic mass is 32.1. The first-order valence-electron chi connectivity index (χ1n) is 9.66. The van der Waals surface area contributed by atoms with Crippen molar-refractivity contribution in [2.75, 3.05) is 52.5 Å². The van der Waals surface area contributed by atoms with Crippen LogP contribution < -0.4 is 29.2 Å². The fraction of sp³-hybridized carbons (Fsp3) is 0.381. The second kappa shape index (κ2) is 8.75. The second-order valence-electron chi connectivity index (χ2n) is 7.10. The molecule has 2 aliphatic rings. The fourth-order valence-electron chi connectivity index (χ4n) is 3.64. The molecular weight excluding hydrogens is 390 g/mol. The normalized spacial score (nSPS) is 15.9. The van der Waals surface area contributed by atoms with Gasteiger partial charge >= 0.3 is 0 Å². The van der Waals surface area contributed by atoms with Gasteiger partial charge in [-0.15, -0.1) is 0 Å². The standard InChI is InChI=1S/C21H25N3O4S/c1-25-16-4-5-17(19(12-16)26-2)22-21(29)24-9-7-23(8-10-24)13-15-3-6-18-20(11-15)28-14-27-18/h3-6,11-12H,7-10,13-14H2,1-2H3,(H,22,29)/p+1. The van der Waals surface area contributed by atoms with E-state index in [2.05, 4.69) is 22.3 Å². The first-order valence-corrected chi connectivity index (χ1v) is 10.1. The average molecular weight is 417 g/mol. The molecule has 2 aromatic carbocycles. The molecule has 0 unspecified atom stereocenters. The maximum atomic E-state index is 5.64. The van der Waals surface area contributed by atoms with Gasteiger partial charge in [-0.25, -0.2) is 0 Å². The zero-order valence-electron chi connectivity index (χ0n) is 16.7. The highest BCUT2D eigenvalue weighted by molar-refractivity contribution is 7.80. The van der Waals surface area contributed by atoms with Crippen molar-refractivity contribution < 1.29 is 23.8 Å². The lowest BCUT2D eigenvalue weighted by Crippen LogP contribution is -3.13. The molecule has 1 fully saturated rings. The molecule has 0 bridgehead atoms. The number of ether oxygens (including phenoxy) is 4. The molecule has 0 saturated carbocycles. The lowest BCUT2D eigenvalue weighted by atomic mass is 10.1. The third-order valence-corrected chi connectivity index (χ3v) is 5.66. The Hall–Kier alpha value is -2.71. The van der Waals surface area contributed by atoms with E-state index >= 15 is 0 Å². The SMILES string of the molecule is COc1ccc(NC(=S)N2CC[NH+](Cc3ccc4c(c3)OCO4)CC2)c(OC)c1. The predicted molar refractivity (Wildman–Crippen MR) is 114 cm³/mol. The number of anilines is 1. The van der Waals surface area contributed by atoms with Crippen LogP contribution in [0.5, 0.6) is 23.0 Å². The van der Waals surface area contributed by atoms with Crippen LogP contribution in [0.25, 0.3) is 0 Å². The van der Waals surface area contributed by atoms with Crippen molar-refractivity contribution in [2.24, 2.45) is 0 Å². The zero-order chi connectivity index (χ0) is 20.2. The number of benzene rings is 2. The summed E-state index contributed by atoms with van der Waals surface area (Å²) in [4.78, 5) is 3.74. The van der Waals surface area contributed by atoms with Crippen LogP contribution in [0.1, 0.15) is 5.56 Å². The number of thiocarbonyl (C=S) groups is 1. The topological polar surface area (TPSA) is 56.6 Å². The first-order chi connectivity index (χ1) is 14.2. The van der Waals surface area contributed by atoms with Crippen molar-refractivity contribution in [2.45, 2.75) is 6.54 Å². The maximum absolute atomic E-state index is 5.64. The largest absolute Gasteiger partial charge is 0.497 e. The summed E-state index contributed by atoms with van der Waals surface area (Å²) in [5, 5.41) is 4.03. The van der Waals surface area contributed by atoms with E-state index in [0.29, 0.717) is 12.5 Å². The van der Waals surface area contributed by atoms with E-state index < -0.39 is 0 Å². The van der Waals surface area contributed by atoms with E-state index in [-0.39, 0.29) is 0 Å². The van der Waals surface area contributed by atoms with Gasteiger partial charge in [0.05, 0.1) is 46.1 Å². The van der Waals surface area contributed by atoms with E-state index in [1.54, 1.807) is 14.2 Å². The fourth-order valence-corrected chi connectivity index (χ4v) is 3.93. The summed E-state index contributed by atoms with van der Waals surface area (Å²) < 4.78 is 21.6. The number of methoxy groups -OCH3 is 2. The lowest BCUT2D eigenvalue weighted by molar-refractivity contribution is -0.917. The number of hydrogen-bond donors (Lipinski definition) is 2. The number of fused-ring (bicyclic) bond motifs is 1. The number of quaternary nitrogens is 1. The Bertz CT molecular complexity index is 884. The van der Waals surface area contributed by atoms with Crippen molar-refractivity contribution >= 4 is 23.0 Å². The lowest BCUT2D eigenvalue weighted by Gasteiger charge is -2.34. The van der Waals surface area contributed by atoms with Crippen LogP contribution >= 0.6 is 12.2 Å². The smallest absolute Gasteiger partial charge is 0.231 e. The minimum Gasteiger partial charge on any atom is -0.497 e. The summed E-state index contributed by atoms with van der Waals surface area (Å²) in [5.41, 5.74) is 2.11. The molecule has 0 radical (unpaired) electrons. The second-order valence-corrected chi connectivity index (χ2v) is 7.48. The van der Waals surface area contributed by atoms with Gasteiger partial charge in [0.1, 0.15) is 18.0 Å². The molecule has 4 rings (SSSR count). The van der Waals surface area contributed by atoms with Crippen LogP contribution in [0.3, 0.4) is 0 Å². The quantitative estimate of drug-likeness (QED) is 0.717. The van der Waals surface area contributed by atoms with E-state index in [9.17, 15) is 0 Å². The van der Waals surface area contributed by atoms with Gasteiger partial charge in [-0.05, 0) is 42.5 Å². The van der Waals surface area contributed by atoms with Crippen LogP contribution in [-0.2, 0) is 6.54 Å². The van der Waals surface area contributed by atoms with Crippen molar-refractivity contribution in [1.29, 1.82) is 0 Å². The first kappa shape index (κ1) is 19.6. The molecule has 0 spiro atoms. The van der Waals surface area contributed by atoms with Crippen LogP contribution in [0.4, 0.5) is 5.69 Å². The van der Waals surface area contributed by atoms with Gasteiger partial charge < -0.3 is 34.1 Å². The van der Waals surface area contributed by atoms with E-state index in [1.165, 1.54) is 10.5 Å². The molecule has 7 nitrogen and oxygen atoms in total.